The Morgan fingerprint density at radius 1 is 1.11 bits per heavy atom. The summed E-state index contributed by atoms with van der Waals surface area (Å²) < 4.78 is 40.5. The SMILES string of the molecule is Cn1cc(Cn2c(=O)c3cc(S(=O)(=O)NC4(C)CC4)cc(N4CCC5(CC4)COC5)c3n3nccc23)cn1. The molecule has 2 aliphatic heterocycles. The number of piperidine rings is 1. The number of benzene rings is 1. The molecule has 12 heteroatoms. The molecular weight excluding hydrogens is 506 g/mol. The first kappa shape index (κ1) is 23.9. The lowest BCUT2D eigenvalue weighted by Crippen LogP contribution is -2.51. The van der Waals surface area contributed by atoms with Crippen molar-refractivity contribution in [2.24, 2.45) is 12.5 Å². The van der Waals surface area contributed by atoms with Gasteiger partial charge in [0.2, 0.25) is 10.0 Å². The molecular formula is C26H31N7O4S. The number of hydrogen-bond donors (Lipinski definition) is 1. The number of aryl methyl sites for hydroxylation is 1. The highest BCUT2D eigenvalue weighted by atomic mass is 32.2. The molecule has 1 saturated carbocycles. The number of anilines is 1. The first-order valence-electron chi connectivity index (χ1n) is 13.0. The molecule has 38 heavy (non-hydrogen) atoms. The van der Waals surface area contributed by atoms with Gasteiger partial charge < -0.3 is 9.64 Å². The van der Waals surface area contributed by atoms with Crippen LogP contribution in [0, 0.1) is 5.41 Å². The van der Waals surface area contributed by atoms with Crippen LogP contribution in [0.2, 0.25) is 0 Å². The quantitative estimate of drug-likeness (QED) is 0.399. The molecule has 1 aromatic carbocycles. The second-order valence-electron chi connectivity index (χ2n) is 11.5. The maximum absolute atomic E-state index is 14.1. The van der Waals surface area contributed by atoms with Gasteiger partial charge in [-0.2, -0.15) is 10.2 Å². The Labute approximate surface area is 220 Å². The van der Waals surface area contributed by atoms with Crippen LogP contribution < -0.4 is 15.2 Å². The fourth-order valence-electron chi connectivity index (χ4n) is 5.76. The van der Waals surface area contributed by atoms with Gasteiger partial charge in [0, 0.05) is 48.9 Å². The van der Waals surface area contributed by atoms with E-state index in [2.05, 4.69) is 19.8 Å². The Bertz CT molecular complexity index is 1730. The average molecular weight is 538 g/mol. The van der Waals surface area contributed by atoms with Gasteiger partial charge in [0.15, 0.2) is 0 Å². The fourth-order valence-corrected chi connectivity index (χ4v) is 7.27. The van der Waals surface area contributed by atoms with Crippen molar-refractivity contribution in [1.29, 1.82) is 0 Å². The van der Waals surface area contributed by atoms with Crippen molar-refractivity contribution < 1.29 is 13.2 Å². The van der Waals surface area contributed by atoms with E-state index in [-0.39, 0.29) is 15.9 Å². The summed E-state index contributed by atoms with van der Waals surface area (Å²) in [4.78, 5) is 16.4. The number of aromatic nitrogens is 5. The Morgan fingerprint density at radius 3 is 2.50 bits per heavy atom. The van der Waals surface area contributed by atoms with Gasteiger partial charge >= 0.3 is 0 Å². The van der Waals surface area contributed by atoms with Crippen LogP contribution in [0.5, 0.6) is 0 Å². The highest BCUT2D eigenvalue weighted by Gasteiger charge is 2.43. The van der Waals surface area contributed by atoms with E-state index in [9.17, 15) is 13.2 Å². The molecule has 3 aliphatic rings. The van der Waals surface area contributed by atoms with Crippen LogP contribution in [0.15, 0.2) is 46.5 Å². The molecule has 3 aromatic heterocycles. The molecule has 0 amide bonds. The molecule has 1 aliphatic carbocycles. The van der Waals surface area contributed by atoms with Gasteiger partial charge in [0.1, 0.15) is 11.2 Å². The monoisotopic (exact) mass is 537 g/mol. The number of fused-ring (bicyclic) bond motifs is 3. The first-order chi connectivity index (χ1) is 18.2. The van der Waals surface area contributed by atoms with Crippen molar-refractivity contribution >= 4 is 32.3 Å². The number of rotatable bonds is 6. The van der Waals surface area contributed by atoms with E-state index in [0.717, 1.165) is 63.2 Å². The molecule has 1 spiro atoms. The zero-order chi connectivity index (χ0) is 26.3. The van der Waals surface area contributed by atoms with Crippen molar-refractivity contribution in [3.8, 4) is 0 Å². The molecule has 2 saturated heterocycles. The number of hydrogen-bond acceptors (Lipinski definition) is 7. The normalized spacial score (nSPS) is 20.3. The van der Waals surface area contributed by atoms with Gasteiger partial charge in [-0.3, -0.25) is 14.0 Å². The number of nitrogens with one attached hydrogen (secondary N) is 1. The van der Waals surface area contributed by atoms with Gasteiger partial charge in [-0.1, -0.05) is 0 Å². The predicted octanol–water partition coefficient (Wildman–Crippen LogP) is 1.88. The summed E-state index contributed by atoms with van der Waals surface area (Å²) in [6, 6.07) is 5.05. The first-order valence-corrected chi connectivity index (χ1v) is 14.5. The Hall–Kier alpha value is -3.22. The van der Waals surface area contributed by atoms with Crippen LogP contribution in [0.1, 0.15) is 38.2 Å². The number of sulfonamides is 1. The lowest BCUT2D eigenvalue weighted by Gasteiger charge is -2.48. The van der Waals surface area contributed by atoms with Gasteiger partial charge in [0.25, 0.3) is 5.56 Å². The van der Waals surface area contributed by atoms with Crippen LogP contribution in [-0.2, 0) is 28.4 Å². The number of nitrogens with zero attached hydrogens (tertiary/aromatic N) is 6. The Kier molecular flexibility index (Phi) is 5.11. The second kappa shape index (κ2) is 8.14. The molecule has 200 valence electrons. The third-order valence-corrected chi connectivity index (χ3v) is 10.0. The van der Waals surface area contributed by atoms with Crippen molar-refractivity contribution in [2.45, 2.75) is 49.6 Å². The Morgan fingerprint density at radius 2 is 1.87 bits per heavy atom. The van der Waals surface area contributed by atoms with Crippen molar-refractivity contribution in [3.05, 3.63) is 52.7 Å². The summed E-state index contributed by atoms with van der Waals surface area (Å²) in [6.07, 6.45) is 8.79. The lowest BCUT2D eigenvalue weighted by molar-refractivity contribution is -0.124. The smallest absolute Gasteiger partial charge is 0.262 e. The molecule has 1 N–H and O–H groups in total. The summed E-state index contributed by atoms with van der Waals surface area (Å²) in [6.45, 7) is 5.28. The maximum Gasteiger partial charge on any atom is 0.262 e. The van der Waals surface area contributed by atoms with Crippen LogP contribution >= 0.6 is 0 Å². The second-order valence-corrected chi connectivity index (χ2v) is 13.2. The highest BCUT2D eigenvalue weighted by molar-refractivity contribution is 7.89. The number of ether oxygens (including phenoxy) is 1. The average Bonchev–Trinajstić information content (AvgIpc) is 3.22. The third kappa shape index (κ3) is 3.85. The van der Waals surface area contributed by atoms with E-state index >= 15 is 0 Å². The zero-order valence-electron chi connectivity index (χ0n) is 21.6. The van der Waals surface area contributed by atoms with E-state index in [0.29, 0.717) is 23.1 Å². The zero-order valence-corrected chi connectivity index (χ0v) is 22.4. The van der Waals surface area contributed by atoms with Gasteiger partial charge in [-0.15, -0.1) is 0 Å². The summed E-state index contributed by atoms with van der Waals surface area (Å²) in [5.41, 5.74) is 2.40. The van der Waals surface area contributed by atoms with Crippen LogP contribution in [0.25, 0.3) is 16.6 Å². The maximum atomic E-state index is 14.1. The minimum Gasteiger partial charge on any atom is -0.380 e. The van der Waals surface area contributed by atoms with Crippen LogP contribution in [0.3, 0.4) is 0 Å². The standard InChI is InChI=1S/C26H31N7O4S/c1-25(4-5-25)29-38(35,36)19-11-20-23(21(12-19)31-9-6-26(7-10-31)16-37-17-26)33-22(3-8-27-33)32(24(20)34)15-18-13-28-30(2)14-18/h3,8,11-14,29H,4-7,9-10,15-17H2,1-2H3. The molecule has 0 atom stereocenters. The summed E-state index contributed by atoms with van der Waals surface area (Å²) in [5.74, 6) is 0. The summed E-state index contributed by atoms with van der Waals surface area (Å²) in [5, 5.41) is 9.16. The molecule has 7 rings (SSSR count). The Balaban J connectivity index is 1.43. The molecule has 0 unspecified atom stereocenters. The lowest BCUT2D eigenvalue weighted by atomic mass is 9.77. The van der Waals surface area contributed by atoms with E-state index in [1.54, 1.807) is 32.2 Å². The van der Waals surface area contributed by atoms with E-state index in [1.165, 1.54) is 6.07 Å². The molecule has 5 heterocycles. The van der Waals surface area contributed by atoms with Crippen molar-refractivity contribution in [3.63, 3.8) is 0 Å². The van der Waals surface area contributed by atoms with Crippen molar-refractivity contribution in [2.75, 3.05) is 31.2 Å². The van der Waals surface area contributed by atoms with Crippen LogP contribution in [-0.4, -0.2) is 64.2 Å². The van der Waals surface area contributed by atoms with Crippen molar-refractivity contribution in [1.82, 2.24) is 28.7 Å². The summed E-state index contributed by atoms with van der Waals surface area (Å²) in [7, 11) is -2.01. The molecule has 3 fully saturated rings. The van der Waals surface area contributed by atoms with Gasteiger partial charge in [-0.25, -0.2) is 17.7 Å². The molecule has 11 nitrogen and oxygen atoms in total. The van der Waals surface area contributed by atoms with E-state index < -0.39 is 15.6 Å². The fraction of sp³-hybridized carbons (Fsp3) is 0.500. The summed E-state index contributed by atoms with van der Waals surface area (Å²) >= 11 is 0. The predicted molar refractivity (Wildman–Crippen MR) is 142 cm³/mol. The van der Waals surface area contributed by atoms with Crippen LogP contribution in [0.4, 0.5) is 5.69 Å². The van der Waals surface area contributed by atoms with E-state index in [1.807, 2.05) is 26.2 Å². The van der Waals surface area contributed by atoms with Gasteiger partial charge in [-0.05, 0) is 44.7 Å². The van der Waals surface area contributed by atoms with Gasteiger partial charge in [0.05, 0.1) is 48.1 Å². The topological polar surface area (TPSA) is 116 Å². The molecule has 4 aromatic rings. The molecule has 0 bridgehead atoms. The highest BCUT2D eigenvalue weighted by Crippen LogP contribution is 2.42. The minimum absolute atomic E-state index is 0.108. The third-order valence-electron chi connectivity index (χ3n) is 8.42. The largest absolute Gasteiger partial charge is 0.380 e. The minimum atomic E-state index is -3.84. The molecule has 0 radical (unpaired) electrons. The van der Waals surface area contributed by atoms with E-state index in [4.69, 9.17) is 4.74 Å².